The lowest BCUT2D eigenvalue weighted by Gasteiger charge is -2.27. The minimum absolute atomic E-state index is 0.389. The van der Waals surface area contributed by atoms with E-state index in [0.717, 1.165) is 44.7 Å². The van der Waals surface area contributed by atoms with Crippen LogP contribution in [0.15, 0.2) is 12.1 Å². The van der Waals surface area contributed by atoms with Crippen LogP contribution in [0, 0.1) is 18.6 Å². The Balaban J connectivity index is 1.94. The second-order valence-corrected chi connectivity index (χ2v) is 4.55. The lowest BCUT2D eigenvalue weighted by Crippen LogP contribution is -2.44. The number of aryl methyl sites for hydroxylation is 1. The van der Waals surface area contributed by atoms with E-state index in [1.165, 1.54) is 6.07 Å². The van der Waals surface area contributed by atoms with Crippen LogP contribution in [-0.4, -0.2) is 37.6 Å². The summed E-state index contributed by atoms with van der Waals surface area (Å²) in [5.74, 6) is -1.46. The highest BCUT2D eigenvalue weighted by atomic mass is 19.2. The molecule has 0 amide bonds. The molecule has 0 aromatic heterocycles. The number of nitrogens with one attached hydrogen (secondary N) is 1. The van der Waals surface area contributed by atoms with Gasteiger partial charge in [0.15, 0.2) is 11.6 Å². The van der Waals surface area contributed by atoms with Gasteiger partial charge in [0.1, 0.15) is 0 Å². The van der Waals surface area contributed by atoms with Crippen molar-refractivity contribution in [2.45, 2.75) is 13.3 Å². The number of rotatable bonds is 3. The monoisotopic (exact) mass is 240 g/mol. The molecule has 0 atom stereocenters. The van der Waals surface area contributed by atoms with Crippen LogP contribution in [0.3, 0.4) is 0 Å². The van der Waals surface area contributed by atoms with E-state index in [1.807, 2.05) is 0 Å². The summed E-state index contributed by atoms with van der Waals surface area (Å²) in [7, 11) is 0. The molecule has 2 rings (SSSR count). The van der Waals surface area contributed by atoms with Gasteiger partial charge >= 0.3 is 0 Å². The van der Waals surface area contributed by atoms with Crippen LogP contribution in [0.4, 0.5) is 8.78 Å². The van der Waals surface area contributed by atoms with Crippen LogP contribution in [-0.2, 0) is 6.42 Å². The van der Waals surface area contributed by atoms with E-state index in [0.29, 0.717) is 5.56 Å². The number of nitrogens with zero attached hydrogens (tertiary/aromatic N) is 1. The molecule has 4 heteroatoms. The first-order valence-corrected chi connectivity index (χ1v) is 6.04. The van der Waals surface area contributed by atoms with Crippen molar-refractivity contribution in [1.82, 2.24) is 10.2 Å². The highest BCUT2D eigenvalue weighted by Gasteiger charge is 2.11. The van der Waals surface area contributed by atoms with Gasteiger partial charge in [0.2, 0.25) is 0 Å². The second kappa shape index (κ2) is 5.56. The maximum Gasteiger partial charge on any atom is 0.161 e. The summed E-state index contributed by atoms with van der Waals surface area (Å²) in [5, 5.41) is 3.29. The van der Waals surface area contributed by atoms with Gasteiger partial charge in [-0.3, -0.25) is 0 Å². The fraction of sp³-hybridized carbons (Fsp3) is 0.538. The molecule has 1 fully saturated rings. The van der Waals surface area contributed by atoms with E-state index >= 15 is 0 Å². The Labute approximate surface area is 101 Å². The number of hydrogen-bond donors (Lipinski definition) is 1. The number of benzene rings is 1. The van der Waals surface area contributed by atoms with E-state index in [2.05, 4.69) is 10.2 Å². The summed E-state index contributed by atoms with van der Waals surface area (Å²) >= 11 is 0. The molecule has 1 heterocycles. The largest absolute Gasteiger partial charge is 0.314 e. The Hall–Kier alpha value is -1.00. The molecule has 0 unspecified atom stereocenters. The van der Waals surface area contributed by atoms with E-state index in [1.54, 1.807) is 13.0 Å². The third-order valence-electron chi connectivity index (χ3n) is 3.20. The zero-order chi connectivity index (χ0) is 12.3. The van der Waals surface area contributed by atoms with Gasteiger partial charge in [-0.1, -0.05) is 6.07 Å². The first-order chi connectivity index (χ1) is 8.16. The molecule has 0 saturated carbocycles. The Morgan fingerprint density at radius 2 is 1.94 bits per heavy atom. The summed E-state index contributed by atoms with van der Waals surface area (Å²) in [6.45, 7) is 6.60. The van der Waals surface area contributed by atoms with Crippen molar-refractivity contribution in [3.8, 4) is 0 Å². The highest BCUT2D eigenvalue weighted by molar-refractivity contribution is 5.25. The average Bonchev–Trinajstić information content (AvgIpc) is 2.34. The summed E-state index contributed by atoms with van der Waals surface area (Å²) in [6.07, 6.45) is 0.776. The Kier molecular flexibility index (Phi) is 4.07. The summed E-state index contributed by atoms with van der Waals surface area (Å²) < 4.78 is 26.3. The van der Waals surface area contributed by atoms with Gasteiger partial charge in [0, 0.05) is 32.7 Å². The van der Waals surface area contributed by atoms with Crippen molar-refractivity contribution in [3.05, 3.63) is 34.9 Å². The molecule has 1 saturated heterocycles. The van der Waals surface area contributed by atoms with Gasteiger partial charge in [-0.05, 0) is 30.5 Å². The third-order valence-corrected chi connectivity index (χ3v) is 3.20. The van der Waals surface area contributed by atoms with Crippen LogP contribution in [0.2, 0.25) is 0 Å². The number of halogens is 2. The minimum atomic E-state index is -0.736. The SMILES string of the molecule is Cc1cc(CCN2CCNCC2)cc(F)c1F. The highest BCUT2D eigenvalue weighted by Crippen LogP contribution is 2.14. The van der Waals surface area contributed by atoms with Crippen LogP contribution in [0.1, 0.15) is 11.1 Å². The van der Waals surface area contributed by atoms with E-state index in [-0.39, 0.29) is 0 Å². The predicted octanol–water partition coefficient (Wildman–Crippen LogP) is 1.72. The zero-order valence-corrected chi connectivity index (χ0v) is 10.1. The molecular weight excluding hydrogens is 222 g/mol. The summed E-state index contributed by atoms with van der Waals surface area (Å²) in [4.78, 5) is 2.34. The van der Waals surface area contributed by atoms with Crippen LogP contribution in [0.25, 0.3) is 0 Å². The molecule has 1 aromatic carbocycles. The molecule has 1 aromatic rings. The van der Waals surface area contributed by atoms with E-state index < -0.39 is 11.6 Å². The zero-order valence-electron chi connectivity index (χ0n) is 10.1. The van der Waals surface area contributed by atoms with Gasteiger partial charge in [-0.25, -0.2) is 8.78 Å². The van der Waals surface area contributed by atoms with Crippen molar-refractivity contribution in [1.29, 1.82) is 0 Å². The molecule has 1 N–H and O–H groups in total. The number of piperazine rings is 1. The maximum atomic E-state index is 13.2. The van der Waals surface area contributed by atoms with Crippen molar-refractivity contribution >= 4 is 0 Å². The predicted molar refractivity (Wildman–Crippen MR) is 64.1 cm³/mol. The normalized spacial score (nSPS) is 17.4. The van der Waals surface area contributed by atoms with Gasteiger partial charge in [0.25, 0.3) is 0 Å². The molecule has 2 nitrogen and oxygen atoms in total. The molecular formula is C13H18F2N2. The molecule has 0 spiro atoms. The Morgan fingerprint density at radius 1 is 1.24 bits per heavy atom. The molecule has 0 bridgehead atoms. The first-order valence-electron chi connectivity index (χ1n) is 6.04. The quantitative estimate of drug-likeness (QED) is 0.865. The maximum absolute atomic E-state index is 13.2. The third kappa shape index (κ3) is 3.23. The smallest absolute Gasteiger partial charge is 0.161 e. The molecule has 17 heavy (non-hydrogen) atoms. The van der Waals surface area contributed by atoms with Gasteiger partial charge in [-0.15, -0.1) is 0 Å². The van der Waals surface area contributed by atoms with Crippen molar-refractivity contribution in [3.63, 3.8) is 0 Å². The van der Waals surface area contributed by atoms with Crippen LogP contribution in [0.5, 0.6) is 0 Å². The topological polar surface area (TPSA) is 15.3 Å². The Morgan fingerprint density at radius 3 is 2.59 bits per heavy atom. The van der Waals surface area contributed by atoms with Crippen LogP contribution >= 0.6 is 0 Å². The van der Waals surface area contributed by atoms with Crippen molar-refractivity contribution in [2.75, 3.05) is 32.7 Å². The molecule has 1 aliphatic rings. The number of hydrogen-bond acceptors (Lipinski definition) is 2. The standard InChI is InChI=1S/C13H18F2N2/c1-10-8-11(9-12(14)13(10)15)2-5-17-6-3-16-4-7-17/h8-9,16H,2-7H2,1H3. The lowest BCUT2D eigenvalue weighted by molar-refractivity contribution is 0.244. The summed E-state index contributed by atoms with van der Waals surface area (Å²) in [5.41, 5.74) is 1.26. The van der Waals surface area contributed by atoms with Gasteiger partial charge < -0.3 is 10.2 Å². The van der Waals surface area contributed by atoms with Crippen molar-refractivity contribution in [2.24, 2.45) is 0 Å². The fourth-order valence-corrected chi connectivity index (χ4v) is 2.16. The lowest BCUT2D eigenvalue weighted by atomic mass is 10.1. The fourth-order valence-electron chi connectivity index (χ4n) is 2.16. The average molecular weight is 240 g/mol. The molecule has 0 radical (unpaired) electrons. The minimum Gasteiger partial charge on any atom is -0.314 e. The van der Waals surface area contributed by atoms with E-state index in [9.17, 15) is 8.78 Å². The van der Waals surface area contributed by atoms with Gasteiger partial charge in [-0.2, -0.15) is 0 Å². The molecule has 94 valence electrons. The van der Waals surface area contributed by atoms with Gasteiger partial charge in [0.05, 0.1) is 0 Å². The molecule has 0 aliphatic carbocycles. The second-order valence-electron chi connectivity index (χ2n) is 4.55. The van der Waals surface area contributed by atoms with Crippen LogP contribution < -0.4 is 5.32 Å². The van der Waals surface area contributed by atoms with Crippen molar-refractivity contribution < 1.29 is 8.78 Å². The van der Waals surface area contributed by atoms with E-state index in [4.69, 9.17) is 0 Å². The first kappa shape index (κ1) is 12.5. The molecule has 1 aliphatic heterocycles. The Bertz CT molecular complexity index is 364. The summed E-state index contributed by atoms with van der Waals surface area (Å²) in [6, 6.07) is 3.05.